The molecule has 2 atom stereocenters. The second-order valence-corrected chi connectivity index (χ2v) is 10.8. The number of carbonyl (C=O) groups is 1. The first-order chi connectivity index (χ1) is 15.3. The van der Waals surface area contributed by atoms with Gasteiger partial charge in [0.15, 0.2) is 0 Å². The summed E-state index contributed by atoms with van der Waals surface area (Å²) in [7, 11) is 0. The monoisotopic (exact) mass is 438 g/mol. The lowest BCUT2D eigenvalue weighted by Gasteiger charge is -2.36. The van der Waals surface area contributed by atoms with Crippen molar-refractivity contribution in [2.24, 2.45) is 17.3 Å². The number of pyridine rings is 1. The Labute approximate surface area is 192 Å². The first-order valence-electron chi connectivity index (χ1n) is 12.3. The molecule has 2 aliphatic rings. The number of benzene rings is 1. The third kappa shape index (κ3) is 5.61. The molecule has 1 aromatic carbocycles. The Kier molecular flexibility index (Phi) is 7.04. The van der Waals surface area contributed by atoms with Crippen molar-refractivity contribution in [1.82, 2.24) is 10.3 Å². The van der Waals surface area contributed by atoms with E-state index in [4.69, 9.17) is 9.72 Å². The quantitative estimate of drug-likeness (QED) is 0.583. The fourth-order valence-electron chi connectivity index (χ4n) is 5.46. The second kappa shape index (κ2) is 9.78. The number of carboxylic acid groups (broad SMARTS) is 1. The summed E-state index contributed by atoms with van der Waals surface area (Å²) in [6, 6.07) is 10.3. The Morgan fingerprint density at radius 1 is 1.06 bits per heavy atom. The molecule has 0 bridgehead atoms. The van der Waals surface area contributed by atoms with Crippen molar-refractivity contribution in [2.75, 3.05) is 0 Å². The first kappa shape index (κ1) is 23.0. The summed E-state index contributed by atoms with van der Waals surface area (Å²) in [4.78, 5) is 16.3. The molecule has 2 saturated carbocycles. The third-order valence-corrected chi connectivity index (χ3v) is 7.55. The highest BCUT2D eigenvalue weighted by molar-refractivity contribution is 5.80. The van der Waals surface area contributed by atoms with Crippen LogP contribution in [0.25, 0.3) is 10.9 Å². The summed E-state index contributed by atoms with van der Waals surface area (Å²) in [5.41, 5.74) is 2.28. The fraction of sp³-hybridized carbons (Fsp3) is 0.630. The van der Waals surface area contributed by atoms with E-state index < -0.39 is 5.97 Å². The topological polar surface area (TPSA) is 71.5 Å². The van der Waals surface area contributed by atoms with Gasteiger partial charge in [-0.05, 0) is 74.1 Å². The number of rotatable bonds is 6. The average Bonchev–Trinajstić information content (AvgIpc) is 2.77. The van der Waals surface area contributed by atoms with Crippen molar-refractivity contribution >= 4 is 16.9 Å². The number of aromatic nitrogens is 1. The smallest absolute Gasteiger partial charge is 0.308 e. The van der Waals surface area contributed by atoms with Crippen LogP contribution in [0.1, 0.15) is 77.8 Å². The number of fused-ring (bicyclic) bond motifs is 1. The van der Waals surface area contributed by atoms with E-state index >= 15 is 0 Å². The number of carboxylic acids is 1. The molecule has 0 radical (unpaired) electrons. The number of hydrogen-bond donors (Lipinski definition) is 2. The molecule has 5 nitrogen and oxygen atoms in total. The van der Waals surface area contributed by atoms with Gasteiger partial charge in [-0.1, -0.05) is 39.7 Å². The molecule has 0 spiro atoms. The summed E-state index contributed by atoms with van der Waals surface area (Å²) in [5.74, 6) is 0.737. The number of aliphatic carboxylic acids is 1. The largest absolute Gasteiger partial charge is 0.490 e. The van der Waals surface area contributed by atoms with Crippen LogP contribution in [0.3, 0.4) is 0 Å². The van der Waals surface area contributed by atoms with E-state index in [1.54, 1.807) is 0 Å². The lowest BCUT2D eigenvalue weighted by atomic mass is 9.72. The third-order valence-electron chi connectivity index (χ3n) is 7.55. The summed E-state index contributed by atoms with van der Waals surface area (Å²) in [6.07, 6.45) is 8.82. The maximum Gasteiger partial charge on any atom is 0.308 e. The van der Waals surface area contributed by atoms with E-state index in [0.717, 1.165) is 66.8 Å². The predicted octanol–water partition coefficient (Wildman–Crippen LogP) is 5.95. The van der Waals surface area contributed by atoms with E-state index in [2.05, 4.69) is 38.2 Å². The Hall–Kier alpha value is -2.14. The van der Waals surface area contributed by atoms with Crippen LogP contribution in [-0.4, -0.2) is 28.2 Å². The molecule has 2 N–H and O–H groups in total. The SMILES string of the molecule is CC(C)(C)C1CCC(Oc2ccc3nc(CN[C@H]4CCCC[C@@H]4C(=O)O)ccc3c2)CC1. The summed E-state index contributed by atoms with van der Waals surface area (Å²) in [5, 5.41) is 14.0. The molecule has 5 heteroatoms. The standard InChI is InChI=1S/C27H38N2O3/c1-27(2,3)19-9-12-21(13-10-19)32-22-14-15-24-18(16-22)8-11-20(29-24)17-28-25-7-5-4-6-23(25)26(30)31/h8,11,14-16,19,21,23,25,28H,4-7,9-10,12-13,17H2,1-3H3,(H,30,31)/t19?,21?,23-,25-/m0/s1. The maximum atomic E-state index is 11.5. The van der Waals surface area contributed by atoms with Crippen LogP contribution in [0.5, 0.6) is 5.75 Å². The number of ether oxygens (including phenoxy) is 1. The Bertz CT molecular complexity index is 928. The molecular formula is C27H38N2O3. The van der Waals surface area contributed by atoms with Crippen molar-refractivity contribution in [3.05, 3.63) is 36.0 Å². The lowest BCUT2D eigenvalue weighted by Crippen LogP contribution is -2.42. The van der Waals surface area contributed by atoms with E-state index in [9.17, 15) is 9.90 Å². The zero-order chi connectivity index (χ0) is 22.7. The zero-order valence-corrected chi connectivity index (χ0v) is 19.8. The second-order valence-electron chi connectivity index (χ2n) is 10.8. The van der Waals surface area contributed by atoms with Crippen molar-refractivity contribution in [3.8, 4) is 5.75 Å². The minimum absolute atomic E-state index is 0.0305. The van der Waals surface area contributed by atoms with Crippen LogP contribution in [0.4, 0.5) is 0 Å². The highest BCUT2D eigenvalue weighted by atomic mass is 16.5. The van der Waals surface area contributed by atoms with Crippen molar-refractivity contribution < 1.29 is 14.6 Å². The van der Waals surface area contributed by atoms with E-state index in [1.165, 1.54) is 12.8 Å². The minimum Gasteiger partial charge on any atom is -0.490 e. The highest BCUT2D eigenvalue weighted by Crippen LogP contribution is 2.39. The predicted molar refractivity (Wildman–Crippen MR) is 128 cm³/mol. The van der Waals surface area contributed by atoms with Gasteiger partial charge in [-0.2, -0.15) is 0 Å². The maximum absolute atomic E-state index is 11.5. The molecule has 2 aliphatic carbocycles. The molecular weight excluding hydrogens is 400 g/mol. The van der Waals surface area contributed by atoms with Gasteiger partial charge in [0.1, 0.15) is 5.75 Å². The van der Waals surface area contributed by atoms with Gasteiger partial charge < -0.3 is 15.2 Å². The van der Waals surface area contributed by atoms with Crippen LogP contribution >= 0.6 is 0 Å². The van der Waals surface area contributed by atoms with Crippen LogP contribution in [0.15, 0.2) is 30.3 Å². The van der Waals surface area contributed by atoms with Crippen LogP contribution in [0, 0.1) is 17.3 Å². The first-order valence-corrected chi connectivity index (χ1v) is 12.3. The van der Waals surface area contributed by atoms with Gasteiger partial charge >= 0.3 is 5.97 Å². The summed E-state index contributed by atoms with van der Waals surface area (Å²) >= 11 is 0. The zero-order valence-electron chi connectivity index (χ0n) is 19.8. The minimum atomic E-state index is -0.687. The molecule has 2 fully saturated rings. The summed E-state index contributed by atoms with van der Waals surface area (Å²) < 4.78 is 6.32. The fourth-order valence-corrected chi connectivity index (χ4v) is 5.46. The summed E-state index contributed by atoms with van der Waals surface area (Å²) in [6.45, 7) is 7.63. The van der Waals surface area contributed by atoms with Gasteiger partial charge in [-0.3, -0.25) is 9.78 Å². The van der Waals surface area contributed by atoms with Gasteiger partial charge in [0.2, 0.25) is 0 Å². The van der Waals surface area contributed by atoms with Crippen molar-refractivity contribution in [3.63, 3.8) is 0 Å². The van der Waals surface area contributed by atoms with Gasteiger partial charge in [0, 0.05) is 18.0 Å². The van der Waals surface area contributed by atoms with Gasteiger partial charge in [0.05, 0.1) is 23.2 Å². The molecule has 4 rings (SSSR count). The van der Waals surface area contributed by atoms with Crippen molar-refractivity contribution in [1.29, 1.82) is 0 Å². The molecule has 0 unspecified atom stereocenters. The van der Waals surface area contributed by atoms with Crippen molar-refractivity contribution in [2.45, 2.75) is 90.8 Å². The number of nitrogens with zero attached hydrogens (tertiary/aromatic N) is 1. The lowest BCUT2D eigenvalue weighted by molar-refractivity contribution is -0.143. The molecule has 2 aromatic rings. The Morgan fingerprint density at radius 3 is 2.53 bits per heavy atom. The molecule has 0 amide bonds. The van der Waals surface area contributed by atoms with E-state index in [-0.39, 0.29) is 12.0 Å². The average molecular weight is 439 g/mol. The molecule has 1 heterocycles. The number of hydrogen-bond acceptors (Lipinski definition) is 4. The Balaban J connectivity index is 1.35. The molecule has 0 aliphatic heterocycles. The van der Waals surface area contributed by atoms with Crippen LogP contribution in [-0.2, 0) is 11.3 Å². The van der Waals surface area contributed by atoms with Crippen LogP contribution < -0.4 is 10.1 Å². The molecule has 32 heavy (non-hydrogen) atoms. The van der Waals surface area contributed by atoms with Gasteiger partial charge in [-0.15, -0.1) is 0 Å². The van der Waals surface area contributed by atoms with Gasteiger partial charge in [-0.25, -0.2) is 0 Å². The highest BCUT2D eigenvalue weighted by Gasteiger charge is 2.31. The Morgan fingerprint density at radius 2 is 1.81 bits per heavy atom. The molecule has 0 saturated heterocycles. The molecule has 1 aromatic heterocycles. The van der Waals surface area contributed by atoms with Gasteiger partial charge in [0.25, 0.3) is 0 Å². The normalized spacial score (nSPS) is 26.7. The van der Waals surface area contributed by atoms with E-state index in [0.29, 0.717) is 18.1 Å². The number of nitrogens with one attached hydrogen (secondary N) is 1. The van der Waals surface area contributed by atoms with E-state index in [1.807, 2.05) is 18.2 Å². The molecule has 174 valence electrons. The van der Waals surface area contributed by atoms with Crippen LogP contribution in [0.2, 0.25) is 0 Å².